The molecule has 0 spiro atoms. The number of aryl methyl sites for hydroxylation is 1. The van der Waals surface area contributed by atoms with Crippen LogP contribution in [0.5, 0.6) is 0 Å². The summed E-state index contributed by atoms with van der Waals surface area (Å²) in [6.07, 6.45) is 1.56. The van der Waals surface area contributed by atoms with Crippen molar-refractivity contribution in [2.75, 3.05) is 23.7 Å². The molecule has 2 aromatic rings. The molecule has 0 saturated heterocycles. The van der Waals surface area contributed by atoms with E-state index in [0.29, 0.717) is 22.4 Å². The molecular weight excluding hydrogens is 283 g/mol. The summed E-state index contributed by atoms with van der Waals surface area (Å²) in [5, 5.41) is 7.39. The number of aromatic nitrogens is 2. The molecule has 19 heavy (non-hydrogen) atoms. The Bertz CT molecular complexity index is 560. The fraction of sp³-hybridized carbons (Fsp3) is 0.231. The highest BCUT2D eigenvalue weighted by molar-refractivity contribution is 6.35. The molecule has 4 nitrogen and oxygen atoms in total. The zero-order valence-electron chi connectivity index (χ0n) is 10.5. The van der Waals surface area contributed by atoms with Crippen LogP contribution >= 0.6 is 23.2 Å². The van der Waals surface area contributed by atoms with Crippen LogP contribution in [0.2, 0.25) is 10.0 Å². The largest absolute Gasteiger partial charge is 0.368 e. The summed E-state index contributed by atoms with van der Waals surface area (Å²) < 4.78 is 0. The van der Waals surface area contributed by atoms with E-state index in [4.69, 9.17) is 23.2 Å². The second-order valence-corrected chi connectivity index (χ2v) is 4.85. The van der Waals surface area contributed by atoms with E-state index in [1.165, 1.54) is 0 Å². The molecular formula is C13H14Cl2N4. The van der Waals surface area contributed by atoms with Crippen LogP contribution < -0.4 is 10.6 Å². The Morgan fingerprint density at radius 2 is 1.95 bits per heavy atom. The minimum atomic E-state index is 0.515. The van der Waals surface area contributed by atoms with Crippen LogP contribution in [0.3, 0.4) is 0 Å². The lowest BCUT2D eigenvalue weighted by atomic mass is 10.4. The zero-order chi connectivity index (χ0) is 13.7. The van der Waals surface area contributed by atoms with E-state index in [-0.39, 0.29) is 0 Å². The Labute approximate surface area is 122 Å². The molecule has 6 heteroatoms. The lowest BCUT2D eigenvalue weighted by Gasteiger charge is -2.09. The highest BCUT2D eigenvalue weighted by Crippen LogP contribution is 2.22. The van der Waals surface area contributed by atoms with Gasteiger partial charge in [0, 0.05) is 25.0 Å². The van der Waals surface area contributed by atoms with Crippen molar-refractivity contribution in [3.05, 3.63) is 46.2 Å². The summed E-state index contributed by atoms with van der Waals surface area (Å²) in [4.78, 5) is 8.47. The van der Waals surface area contributed by atoms with Crippen molar-refractivity contribution in [1.82, 2.24) is 9.97 Å². The van der Waals surface area contributed by atoms with E-state index in [0.717, 1.165) is 18.1 Å². The molecule has 100 valence electrons. The summed E-state index contributed by atoms with van der Waals surface area (Å²) in [5.74, 6) is 1.49. The number of pyridine rings is 2. The van der Waals surface area contributed by atoms with Gasteiger partial charge in [0.05, 0.1) is 10.0 Å². The average Bonchev–Trinajstić information content (AvgIpc) is 2.37. The molecule has 0 atom stereocenters. The van der Waals surface area contributed by atoms with Crippen molar-refractivity contribution in [3.8, 4) is 0 Å². The number of halogens is 2. The van der Waals surface area contributed by atoms with Gasteiger partial charge in [-0.05, 0) is 25.1 Å². The molecule has 2 aromatic heterocycles. The first-order chi connectivity index (χ1) is 9.15. The van der Waals surface area contributed by atoms with E-state index in [1.807, 2.05) is 25.1 Å². The Hall–Kier alpha value is -1.52. The lowest BCUT2D eigenvalue weighted by Crippen LogP contribution is -2.15. The molecule has 0 bridgehead atoms. The van der Waals surface area contributed by atoms with Gasteiger partial charge in [0.25, 0.3) is 0 Å². The normalized spacial score (nSPS) is 10.3. The zero-order valence-corrected chi connectivity index (χ0v) is 12.0. The lowest BCUT2D eigenvalue weighted by molar-refractivity contribution is 1.04. The molecule has 2 heterocycles. The smallest absolute Gasteiger partial charge is 0.144 e. The number of nitrogens with zero attached hydrogens (tertiary/aromatic N) is 2. The van der Waals surface area contributed by atoms with Crippen molar-refractivity contribution in [2.45, 2.75) is 6.92 Å². The van der Waals surface area contributed by atoms with E-state index >= 15 is 0 Å². The maximum atomic E-state index is 6.00. The number of nitrogens with one attached hydrogen (secondary N) is 2. The maximum Gasteiger partial charge on any atom is 0.144 e. The summed E-state index contributed by atoms with van der Waals surface area (Å²) in [6.45, 7) is 3.36. The molecule has 0 fully saturated rings. The van der Waals surface area contributed by atoms with Crippen molar-refractivity contribution in [1.29, 1.82) is 0 Å². The van der Waals surface area contributed by atoms with Crippen LogP contribution in [0.15, 0.2) is 30.5 Å². The van der Waals surface area contributed by atoms with Gasteiger partial charge in [-0.15, -0.1) is 0 Å². The van der Waals surface area contributed by atoms with Crippen molar-refractivity contribution in [3.63, 3.8) is 0 Å². The van der Waals surface area contributed by atoms with Gasteiger partial charge in [-0.3, -0.25) is 0 Å². The van der Waals surface area contributed by atoms with Crippen LogP contribution in [-0.2, 0) is 0 Å². The van der Waals surface area contributed by atoms with E-state index in [1.54, 1.807) is 12.3 Å². The van der Waals surface area contributed by atoms with Gasteiger partial charge in [0.2, 0.25) is 0 Å². The molecule has 0 radical (unpaired) electrons. The van der Waals surface area contributed by atoms with Crippen LogP contribution in [0.25, 0.3) is 0 Å². The average molecular weight is 297 g/mol. The van der Waals surface area contributed by atoms with E-state index < -0.39 is 0 Å². The SMILES string of the molecule is Cc1cccc(NCCNc2ncc(Cl)cc2Cl)n1. The minimum absolute atomic E-state index is 0.515. The fourth-order valence-electron chi connectivity index (χ4n) is 1.56. The molecule has 2 rings (SSSR count). The first kappa shape index (κ1) is 13.9. The predicted octanol–water partition coefficient (Wildman–Crippen LogP) is 3.62. The highest BCUT2D eigenvalue weighted by atomic mass is 35.5. The summed E-state index contributed by atoms with van der Waals surface area (Å²) in [5.41, 5.74) is 0.986. The van der Waals surface area contributed by atoms with Gasteiger partial charge >= 0.3 is 0 Å². The Morgan fingerprint density at radius 3 is 2.68 bits per heavy atom. The molecule has 0 aliphatic heterocycles. The number of hydrogen-bond donors (Lipinski definition) is 2. The van der Waals surface area contributed by atoms with Gasteiger partial charge in [-0.2, -0.15) is 0 Å². The van der Waals surface area contributed by atoms with Gasteiger partial charge < -0.3 is 10.6 Å². The van der Waals surface area contributed by atoms with Crippen LogP contribution in [0, 0.1) is 6.92 Å². The number of rotatable bonds is 5. The molecule has 0 amide bonds. The first-order valence-electron chi connectivity index (χ1n) is 5.87. The predicted molar refractivity (Wildman–Crippen MR) is 80.2 cm³/mol. The Balaban J connectivity index is 1.81. The second-order valence-electron chi connectivity index (χ2n) is 4.00. The van der Waals surface area contributed by atoms with Crippen LogP contribution in [0.4, 0.5) is 11.6 Å². The quantitative estimate of drug-likeness (QED) is 0.828. The van der Waals surface area contributed by atoms with Crippen molar-refractivity contribution < 1.29 is 0 Å². The third-order valence-electron chi connectivity index (χ3n) is 2.42. The summed E-state index contributed by atoms with van der Waals surface area (Å²) in [7, 11) is 0. The number of anilines is 2. The van der Waals surface area contributed by atoms with Gasteiger partial charge in [-0.25, -0.2) is 9.97 Å². The molecule has 0 aliphatic carbocycles. The molecule has 2 N–H and O–H groups in total. The molecule has 0 saturated carbocycles. The van der Waals surface area contributed by atoms with Crippen molar-refractivity contribution in [2.24, 2.45) is 0 Å². The third-order valence-corrected chi connectivity index (χ3v) is 2.91. The molecule has 0 aromatic carbocycles. The van der Waals surface area contributed by atoms with Crippen LogP contribution in [0.1, 0.15) is 5.69 Å². The Morgan fingerprint density at radius 1 is 1.16 bits per heavy atom. The van der Waals surface area contributed by atoms with Gasteiger partial charge in [-0.1, -0.05) is 29.3 Å². The van der Waals surface area contributed by atoms with Crippen LogP contribution in [-0.4, -0.2) is 23.1 Å². The molecule has 0 aliphatic rings. The fourth-order valence-corrected chi connectivity index (χ4v) is 2.00. The third kappa shape index (κ3) is 4.26. The minimum Gasteiger partial charge on any atom is -0.368 e. The topological polar surface area (TPSA) is 49.8 Å². The highest BCUT2D eigenvalue weighted by Gasteiger charge is 2.01. The summed E-state index contributed by atoms with van der Waals surface area (Å²) in [6, 6.07) is 7.52. The maximum absolute atomic E-state index is 6.00. The molecule has 0 unspecified atom stereocenters. The van der Waals surface area contributed by atoms with Gasteiger partial charge in [0.1, 0.15) is 11.6 Å². The number of hydrogen-bond acceptors (Lipinski definition) is 4. The second kappa shape index (κ2) is 6.59. The van der Waals surface area contributed by atoms with E-state index in [9.17, 15) is 0 Å². The van der Waals surface area contributed by atoms with E-state index in [2.05, 4.69) is 20.6 Å². The van der Waals surface area contributed by atoms with Crippen molar-refractivity contribution >= 4 is 34.8 Å². The first-order valence-corrected chi connectivity index (χ1v) is 6.63. The van der Waals surface area contributed by atoms with Gasteiger partial charge in [0.15, 0.2) is 0 Å². The standard InChI is InChI=1S/C13H14Cl2N4/c1-9-3-2-4-12(19-9)16-5-6-17-13-11(15)7-10(14)8-18-13/h2-4,7-8H,5-6H2,1H3,(H,16,19)(H,17,18). The summed E-state index contributed by atoms with van der Waals surface area (Å²) >= 11 is 11.8. The Kier molecular flexibility index (Phi) is 4.82. The monoisotopic (exact) mass is 296 g/mol.